The summed E-state index contributed by atoms with van der Waals surface area (Å²) in [7, 11) is 0. The molecule has 0 atom stereocenters. The van der Waals surface area contributed by atoms with Gasteiger partial charge in [0, 0.05) is 23.1 Å². The number of H-pyrrole nitrogens is 2. The van der Waals surface area contributed by atoms with Crippen molar-refractivity contribution in [2.24, 2.45) is 0 Å². The molecule has 2 aromatic heterocycles. The molecule has 8 heteroatoms. The van der Waals surface area contributed by atoms with Crippen LogP contribution >= 0.6 is 11.8 Å². The number of aromatic nitrogens is 3. The van der Waals surface area contributed by atoms with Crippen molar-refractivity contribution in [2.75, 3.05) is 5.75 Å². The maximum absolute atomic E-state index is 12.1. The number of nitrogens with zero attached hydrogens (tertiary/aromatic N) is 1. The van der Waals surface area contributed by atoms with E-state index < -0.39 is 5.91 Å². The number of nitrogens with one attached hydrogen (secondary N) is 3. The first-order valence-electron chi connectivity index (χ1n) is 6.75. The molecule has 0 radical (unpaired) electrons. The van der Waals surface area contributed by atoms with Crippen molar-refractivity contribution in [3.8, 4) is 0 Å². The molecule has 1 aromatic carbocycles. The molecule has 0 spiro atoms. The molecule has 7 nitrogen and oxygen atoms in total. The minimum atomic E-state index is -0.422. The van der Waals surface area contributed by atoms with Crippen molar-refractivity contribution in [1.29, 1.82) is 0 Å². The third-order valence-corrected chi connectivity index (χ3v) is 4.21. The Hall–Kier alpha value is -2.32. The molecule has 3 rings (SSSR count). The van der Waals surface area contributed by atoms with Crippen LogP contribution in [0.2, 0.25) is 0 Å². The molecule has 0 fully saturated rings. The minimum absolute atomic E-state index is 0.211. The Morgan fingerprint density at radius 1 is 1.32 bits per heavy atom. The minimum Gasteiger partial charge on any atom is -0.349 e. The Balaban J connectivity index is 1.84. The average Bonchev–Trinajstić information content (AvgIpc) is 2.91. The first-order valence-corrected chi connectivity index (χ1v) is 7.74. The molecule has 0 aliphatic heterocycles. The van der Waals surface area contributed by atoms with Crippen LogP contribution in [-0.4, -0.2) is 31.8 Å². The van der Waals surface area contributed by atoms with Crippen LogP contribution in [0, 0.1) is 0 Å². The lowest BCUT2D eigenvalue weighted by atomic mass is 10.2. The number of thioether (sulfide) groups is 1. The Kier molecular flexibility index (Phi) is 4.12. The van der Waals surface area contributed by atoms with Gasteiger partial charge >= 0.3 is 0 Å². The number of rotatable bonds is 5. The monoisotopic (exact) mass is 318 g/mol. The second-order valence-electron chi connectivity index (χ2n) is 4.75. The van der Waals surface area contributed by atoms with Gasteiger partial charge in [-0.3, -0.25) is 19.8 Å². The molecule has 1 amide bonds. The summed E-state index contributed by atoms with van der Waals surface area (Å²) in [4.78, 5) is 33.3. The van der Waals surface area contributed by atoms with Crippen molar-refractivity contribution in [3.05, 3.63) is 34.6 Å². The quantitative estimate of drug-likeness (QED) is 0.188. The van der Waals surface area contributed by atoms with Crippen LogP contribution in [-0.2, 0) is 4.79 Å². The number of benzene rings is 1. The van der Waals surface area contributed by atoms with E-state index in [0.29, 0.717) is 28.4 Å². The van der Waals surface area contributed by atoms with Crippen LogP contribution in [0.15, 0.2) is 34.2 Å². The number of hydroxylamine groups is 1. The standard InChI is InChI=1S/C14H14N4O3S/c19-10(18-21)6-3-7-22-14-16-11-8-4-1-2-5-9(8)15-12(11)13(20)17-14/h1-2,4-5,15,21H,3,6-7H2,(H,18,19)(H,16,17,20). The number of amides is 1. The number of hydrogen-bond donors (Lipinski definition) is 4. The second-order valence-corrected chi connectivity index (χ2v) is 5.84. The molecular formula is C14H14N4O3S. The molecule has 0 aliphatic rings. The summed E-state index contributed by atoms with van der Waals surface area (Å²) in [5.74, 6) is 0.193. The van der Waals surface area contributed by atoms with Crippen LogP contribution in [0.3, 0.4) is 0 Å². The Bertz CT molecular complexity index is 887. The van der Waals surface area contributed by atoms with E-state index >= 15 is 0 Å². The summed E-state index contributed by atoms with van der Waals surface area (Å²) < 4.78 is 0. The van der Waals surface area contributed by atoms with Crippen LogP contribution < -0.4 is 11.0 Å². The van der Waals surface area contributed by atoms with Crippen LogP contribution in [0.1, 0.15) is 12.8 Å². The maximum Gasteiger partial charge on any atom is 0.275 e. The molecule has 2 heterocycles. The second kappa shape index (κ2) is 6.20. The van der Waals surface area contributed by atoms with Crippen molar-refractivity contribution in [1.82, 2.24) is 20.4 Å². The smallest absolute Gasteiger partial charge is 0.275 e. The largest absolute Gasteiger partial charge is 0.349 e. The summed E-state index contributed by atoms with van der Waals surface area (Å²) in [5.41, 5.74) is 3.36. The fraction of sp³-hybridized carbons (Fsp3) is 0.214. The molecule has 114 valence electrons. The van der Waals surface area contributed by atoms with Crippen molar-refractivity contribution in [3.63, 3.8) is 0 Å². The Morgan fingerprint density at radius 3 is 2.95 bits per heavy atom. The van der Waals surface area contributed by atoms with E-state index in [4.69, 9.17) is 5.21 Å². The normalized spacial score (nSPS) is 11.1. The van der Waals surface area contributed by atoms with Gasteiger partial charge in [0.1, 0.15) is 11.0 Å². The van der Waals surface area contributed by atoms with Crippen LogP contribution in [0.4, 0.5) is 0 Å². The van der Waals surface area contributed by atoms with E-state index in [9.17, 15) is 9.59 Å². The van der Waals surface area contributed by atoms with Gasteiger partial charge in [-0.25, -0.2) is 10.5 Å². The SMILES string of the molecule is O=C(CCCSc1nc2c([nH]c3ccccc32)c(=O)[nH]1)NO. The van der Waals surface area contributed by atoms with Crippen LogP contribution in [0.25, 0.3) is 21.9 Å². The number of carbonyl (C=O) groups is 1. The van der Waals surface area contributed by atoms with Gasteiger partial charge in [-0.15, -0.1) is 0 Å². The Morgan fingerprint density at radius 2 is 2.14 bits per heavy atom. The number of carbonyl (C=O) groups excluding carboxylic acids is 1. The average molecular weight is 318 g/mol. The fourth-order valence-electron chi connectivity index (χ4n) is 2.22. The van der Waals surface area contributed by atoms with Gasteiger partial charge in [-0.1, -0.05) is 30.0 Å². The zero-order chi connectivity index (χ0) is 15.5. The summed E-state index contributed by atoms with van der Waals surface area (Å²) >= 11 is 1.37. The summed E-state index contributed by atoms with van der Waals surface area (Å²) in [6, 6.07) is 7.62. The number of fused-ring (bicyclic) bond motifs is 3. The van der Waals surface area contributed by atoms with E-state index in [1.165, 1.54) is 11.8 Å². The van der Waals surface area contributed by atoms with Gasteiger partial charge in [0.25, 0.3) is 5.56 Å². The molecule has 3 aromatic rings. The van der Waals surface area contributed by atoms with Crippen molar-refractivity contribution >= 4 is 39.6 Å². The third-order valence-electron chi connectivity index (χ3n) is 3.25. The number of hydrogen-bond acceptors (Lipinski definition) is 5. The molecule has 0 unspecified atom stereocenters. The molecule has 0 saturated carbocycles. The van der Waals surface area contributed by atoms with Gasteiger partial charge in [-0.05, 0) is 12.5 Å². The molecule has 22 heavy (non-hydrogen) atoms. The van der Waals surface area contributed by atoms with E-state index in [2.05, 4.69) is 15.0 Å². The van der Waals surface area contributed by atoms with Crippen molar-refractivity contribution in [2.45, 2.75) is 18.0 Å². The highest BCUT2D eigenvalue weighted by atomic mass is 32.2. The highest BCUT2D eigenvalue weighted by molar-refractivity contribution is 7.99. The van der Waals surface area contributed by atoms with Gasteiger partial charge < -0.3 is 4.98 Å². The highest BCUT2D eigenvalue weighted by Gasteiger charge is 2.10. The predicted molar refractivity (Wildman–Crippen MR) is 84.1 cm³/mol. The van der Waals surface area contributed by atoms with Gasteiger partial charge in [-0.2, -0.15) is 0 Å². The van der Waals surface area contributed by atoms with Gasteiger partial charge in [0.05, 0.1) is 0 Å². The van der Waals surface area contributed by atoms with Gasteiger partial charge in [0.15, 0.2) is 5.16 Å². The predicted octanol–water partition coefficient (Wildman–Crippen LogP) is 1.78. The first kappa shape index (κ1) is 14.6. The summed E-state index contributed by atoms with van der Waals surface area (Å²) in [6.07, 6.45) is 0.801. The fourth-order valence-corrected chi connectivity index (χ4v) is 3.03. The lowest BCUT2D eigenvalue weighted by Crippen LogP contribution is -2.18. The van der Waals surface area contributed by atoms with Crippen LogP contribution in [0.5, 0.6) is 0 Å². The lowest BCUT2D eigenvalue weighted by molar-refractivity contribution is -0.129. The van der Waals surface area contributed by atoms with Gasteiger partial charge in [0.2, 0.25) is 5.91 Å². The maximum atomic E-state index is 12.1. The number of aromatic amines is 2. The van der Waals surface area contributed by atoms with E-state index in [1.54, 1.807) is 5.48 Å². The molecule has 0 aliphatic carbocycles. The molecule has 0 saturated heterocycles. The topological polar surface area (TPSA) is 111 Å². The molecule has 0 bridgehead atoms. The van der Waals surface area contributed by atoms with Crippen molar-refractivity contribution < 1.29 is 10.0 Å². The molecule has 4 N–H and O–H groups in total. The van der Waals surface area contributed by atoms with E-state index in [1.807, 2.05) is 24.3 Å². The zero-order valence-corrected chi connectivity index (χ0v) is 12.4. The van der Waals surface area contributed by atoms with E-state index in [-0.39, 0.29) is 12.0 Å². The van der Waals surface area contributed by atoms with E-state index in [0.717, 1.165) is 10.9 Å². The number of para-hydroxylation sites is 1. The first-order chi connectivity index (χ1) is 10.7. The zero-order valence-electron chi connectivity index (χ0n) is 11.5. The third kappa shape index (κ3) is 2.83. The lowest BCUT2D eigenvalue weighted by Gasteiger charge is -2.01. The summed E-state index contributed by atoms with van der Waals surface area (Å²) in [5, 5.41) is 9.84. The summed E-state index contributed by atoms with van der Waals surface area (Å²) in [6.45, 7) is 0. The highest BCUT2D eigenvalue weighted by Crippen LogP contribution is 2.23. The Labute approximate surface area is 129 Å². The molecular weight excluding hydrogens is 304 g/mol.